The van der Waals surface area contributed by atoms with E-state index in [1.54, 1.807) is 7.11 Å². The van der Waals surface area contributed by atoms with Gasteiger partial charge >= 0.3 is 0 Å². The van der Waals surface area contributed by atoms with Gasteiger partial charge in [-0.2, -0.15) is 0 Å². The van der Waals surface area contributed by atoms with Gasteiger partial charge in [-0.1, -0.05) is 6.08 Å². The van der Waals surface area contributed by atoms with Crippen LogP contribution in [0.25, 0.3) is 5.57 Å². The van der Waals surface area contributed by atoms with E-state index >= 15 is 0 Å². The highest BCUT2D eigenvalue weighted by Gasteiger charge is 2.28. The lowest BCUT2D eigenvalue weighted by atomic mass is 9.71. The van der Waals surface area contributed by atoms with Gasteiger partial charge < -0.3 is 4.74 Å². The minimum atomic E-state index is -0.487. The first kappa shape index (κ1) is 16.6. The molecule has 0 aromatic heterocycles. The van der Waals surface area contributed by atoms with Crippen molar-refractivity contribution in [3.8, 4) is 0 Å². The molecule has 1 aromatic rings. The predicted octanol–water partition coefficient (Wildman–Crippen LogP) is 5.60. The van der Waals surface area contributed by atoms with Crippen LogP contribution in [0.4, 0.5) is 8.78 Å². The second-order valence-electron chi connectivity index (χ2n) is 7.16. The highest BCUT2D eigenvalue weighted by atomic mass is 19.1. The third kappa shape index (κ3) is 4.20. The Kier molecular flexibility index (Phi) is 5.47. The molecule has 0 bridgehead atoms. The number of allylic oxidation sites excluding steroid dienone is 2. The van der Waals surface area contributed by atoms with Crippen molar-refractivity contribution < 1.29 is 13.5 Å². The van der Waals surface area contributed by atoms with Gasteiger partial charge in [-0.15, -0.1) is 0 Å². The number of methoxy groups -OCH3 is 1. The summed E-state index contributed by atoms with van der Waals surface area (Å²) in [5.41, 5.74) is 1.82. The predicted molar refractivity (Wildman–Crippen MR) is 89.0 cm³/mol. The Morgan fingerprint density at radius 3 is 2.22 bits per heavy atom. The van der Waals surface area contributed by atoms with Gasteiger partial charge in [0, 0.05) is 19.8 Å². The van der Waals surface area contributed by atoms with Crippen LogP contribution >= 0.6 is 0 Å². The lowest BCUT2D eigenvalue weighted by molar-refractivity contribution is 0.105. The monoisotopic (exact) mass is 320 g/mol. The average molecular weight is 320 g/mol. The van der Waals surface area contributed by atoms with Crippen molar-refractivity contribution >= 4 is 5.57 Å². The molecular formula is C20H26F2O. The summed E-state index contributed by atoms with van der Waals surface area (Å²) in [5.74, 6) is 1.31. The van der Waals surface area contributed by atoms with Crippen LogP contribution in [-0.2, 0) is 4.74 Å². The third-order valence-corrected chi connectivity index (χ3v) is 5.65. The maximum absolute atomic E-state index is 13.4. The Labute approximate surface area is 137 Å². The van der Waals surface area contributed by atoms with E-state index in [1.165, 1.54) is 37.8 Å². The fourth-order valence-corrected chi connectivity index (χ4v) is 4.35. The Morgan fingerprint density at radius 2 is 1.65 bits per heavy atom. The summed E-state index contributed by atoms with van der Waals surface area (Å²) in [6, 6.07) is 3.84. The SMILES string of the molecule is COC[C@H]1CC[C@H](C2CC=C(c3cc(F)cc(F)c3)CC2)CC1. The molecule has 126 valence electrons. The quantitative estimate of drug-likeness (QED) is 0.701. The van der Waals surface area contributed by atoms with E-state index in [0.29, 0.717) is 5.56 Å². The molecule has 0 saturated heterocycles. The summed E-state index contributed by atoms with van der Waals surface area (Å²) < 4.78 is 32.0. The van der Waals surface area contributed by atoms with Gasteiger partial charge in [0.05, 0.1) is 0 Å². The van der Waals surface area contributed by atoms with Crippen LogP contribution in [0.15, 0.2) is 24.3 Å². The van der Waals surface area contributed by atoms with Crippen molar-refractivity contribution in [2.45, 2.75) is 44.9 Å². The van der Waals surface area contributed by atoms with Crippen LogP contribution in [0.1, 0.15) is 50.5 Å². The molecule has 0 aliphatic heterocycles. The summed E-state index contributed by atoms with van der Waals surface area (Å²) in [6.45, 7) is 0.895. The fraction of sp³-hybridized carbons (Fsp3) is 0.600. The van der Waals surface area contributed by atoms with E-state index in [2.05, 4.69) is 6.08 Å². The van der Waals surface area contributed by atoms with Crippen LogP contribution in [0.5, 0.6) is 0 Å². The highest BCUT2D eigenvalue weighted by Crippen LogP contribution is 2.41. The molecular weight excluding hydrogens is 294 g/mol. The zero-order valence-electron chi connectivity index (χ0n) is 13.9. The summed E-state index contributed by atoms with van der Waals surface area (Å²) in [4.78, 5) is 0. The lowest BCUT2D eigenvalue weighted by Crippen LogP contribution is -2.24. The van der Waals surface area contributed by atoms with Crippen LogP contribution in [-0.4, -0.2) is 13.7 Å². The number of hydrogen-bond acceptors (Lipinski definition) is 1. The Morgan fingerprint density at radius 1 is 0.957 bits per heavy atom. The second kappa shape index (κ2) is 7.57. The fourth-order valence-electron chi connectivity index (χ4n) is 4.35. The van der Waals surface area contributed by atoms with Gasteiger partial charge in [0.25, 0.3) is 0 Å². The molecule has 3 rings (SSSR count). The number of hydrogen-bond donors (Lipinski definition) is 0. The van der Waals surface area contributed by atoms with Crippen molar-refractivity contribution in [3.05, 3.63) is 41.5 Å². The van der Waals surface area contributed by atoms with E-state index in [-0.39, 0.29) is 0 Å². The molecule has 2 aliphatic rings. The number of halogens is 2. The van der Waals surface area contributed by atoms with E-state index in [0.717, 1.165) is 55.3 Å². The molecule has 0 spiro atoms. The molecule has 23 heavy (non-hydrogen) atoms. The Hall–Kier alpha value is -1.22. The number of rotatable bonds is 4. The van der Waals surface area contributed by atoms with Crippen molar-refractivity contribution in [1.29, 1.82) is 0 Å². The smallest absolute Gasteiger partial charge is 0.126 e. The topological polar surface area (TPSA) is 9.23 Å². The van der Waals surface area contributed by atoms with Gasteiger partial charge in [0.1, 0.15) is 11.6 Å². The lowest BCUT2D eigenvalue weighted by Gasteiger charge is -2.35. The summed E-state index contributed by atoms with van der Waals surface area (Å²) >= 11 is 0. The first-order valence-corrected chi connectivity index (χ1v) is 8.80. The van der Waals surface area contributed by atoms with Crippen molar-refractivity contribution in [2.24, 2.45) is 17.8 Å². The average Bonchev–Trinajstić information content (AvgIpc) is 2.55. The van der Waals surface area contributed by atoms with Crippen LogP contribution < -0.4 is 0 Å². The third-order valence-electron chi connectivity index (χ3n) is 5.65. The van der Waals surface area contributed by atoms with Crippen LogP contribution in [0.3, 0.4) is 0 Å². The molecule has 0 radical (unpaired) electrons. The van der Waals surface area contributed by atoms with Gasteiger partial charge in [-0.05, 0) is 86.0 Å². The van der Waals surface area contributed by atoms with Crippen molar-refractivity contribution in [2.75, 3.05) is 13.7 Å². The first-order chi connectivity index (χ1) is 11.2. The van der Waals surface area contributed by atoms with Crippen molar-refractivity contribution in [3.63, 3.8) is 0 Å². The van der Waals surface area contributed by atoms with Gasteiger partial charge in [-0.3, -0.25) is 0 Å². The molecule has 3 heteroatoms. The van der Waals surface area contributed by atoms with Crippen molar-refractivity contribution in [1.82, 2.24) is 0 Å². The highest BCUT2D eigenvalue weighted by molar-refractivity contribution is 5.66. The molecule has 1 saturated carbocycles. The van der Waals surface area contributed by atoms with Gasteiger partial charge in [0.15, 0.2) is 0 Å². The largest absolute Gasteiger partial charge is 0.384 e. The Balaban J connectivity index is 1.58. The molecule has 1 atom stereocenters. The normalized spacial score (nSPS) is 28.5. The minimum absolute atomic E-state index is 0.487. The molecule has 1 fully saturated rings. The van der Waals surface area contributed by atoms with Gasteiger partial charge in [0.2, 0.25) is 0 Å². The molecule has 1 nitrogen and oxygen atoms in total. The molecule has 2 aliphatic carbocycles. The standard InChI is InChI=1S/C20H26F2O/c1-23-13-14-2-4-15(5-3-14)16-6-8-17(9-7-16)18-10-19(21)12-20(22)11-18/h8,10-12,14-16H,2-7,9,13H2,1H3/t14-,15-,16?. The molecule has 1 aromatic carbocycles. The van der Waals surface area contributed by atoms with Crippen LogP contribution in [0.2, 0.25) is 0 Å². The van der Waals surface area contributed by atoms with Crippen LogP contribution in [0, 0.1) is 29.4 Å². The molecule has 0 heterocycles. The zero-order valence-corrected chi connectivity index (χ0v) is 13.9. The summed E-state index contributed by atoms with van der Waals surface area (Å²) in [5, 5.41) is 0. The maximum atomic E-state index is 13.4. The molecule has 1 unspecified atom stereocenters. The first-order valence-electron chi connectivity index (χ1n) is 8.80. The summed E-state index contributed by atoms with van der Waals surface area (Å²) in [6.07, 6.45) is 10.5. The minimum Gasteiger partial charge on any atom is -0.384 e. The summed E-state index contributed by atoms with van der Waals surface area (Å²) in [7, 11) is 1.79. The second-order valence-corrected chi connectivity index (χ2v) is 7.16. The molecule has 0 N–H and O–H groups in total. The van der Waals surface area contributed by atoms with E-state index in [9.17, 15) is 8.78 Å². The zero-order chi connectivity index (χ0) is 16.2. The molecule has 0 amide bonds. The number of ether oxygens (including phenoxy) is 1. The maximum Gasteiger partial charge on any atom is 0.126 e. The van der Waals surface area contributed by atoms with E-state index in [4.69, 9.17) is 4.74 Å². The number of benzene rings is 1. The van der Waals surface area contributed by atoms with Gasteiger partial charge in [-0.25, -0.2) is 8.78 Å². The van der Waals surface area contributed by atoms with E-state index in [1.807, 2.05) is 0 Å². The Bertz CT molecular complexity index is 539. The van der Waals surface area contributed by atoms with E-state index < -0.39 is 11.6 Å².